The maximum Gasteiger partial charge on any atom is 0.241 e. The molecule has 0 spiro atoms. The normalized spacial score (nSPS) is 59.5. The number of carbonyl (C=O) groups is 1. The van der Waals surface area contributed by atoms with Gasteiger partial charge in [0.05, 0.1) is 23.3 Å². The largest absolute Gasteiger partial charge is 0.390 e. The molecule has 0 aromatic heterocycles. The first kappa shape index (κ1) is 14.1. The summed E-state index contributed by atoms with van der Waals surface area (Å²) in [7, 11) is 0. The van der Waals surface area contributed by atoms with Gasteiger partial charge in [-0.3, -0.25) is 4.79 Å². The van der Waals surface area contributed by atoms with Crippen molar-refractivity contribution < 1.29 is 9.90 Å². The first-order chi connectivity index (χ1) is 11.3. The van der Waals surface area contributed by atoms with Gasteiger partial charge in [-0.25, -0.2) is 0 Å². The van der Waals surface area contributed by atoms with Gasteiger partial charge in [-0.05, 0) is 75.0 Å². The summed E-state index contributed by atoms with van der Waals surface area (Å²) in [4.78, 5) is 15.3. The van der Waals surface area contributed by atoms with Gasteiger partial charge in [0, 0.05) is 5.41 Å². The molecule has 1 aliphatic heterocycles. The molecule has 3 N–H and O–H groups in total. The summed E-state index contributed by atoms with van der Waals surface area (Å²) >= 11 is 0. The van der Waals surface area contributed by atoms with Gasteiger partial charge in [0.25, 0.3) is 0 Å². The number of likely N-dealkylation sites (tertiary alicyclic amines) is 1. The molecule has 1 saturated heterocycles. The predicted molar refractivity (Wildman–Crippen MR) is 85.3 cm³/mol. The highest BCUT2D eigenvalue weighted by Crippen LogP contribution is 2.87. The summed E-state index contributed by atoms with van der Waals surface area (Å²) in [6.45, 7) is 0. The maximum atomic E-state index is 13.4. The average Bonchev–Trinajstić information content (AvgIpc) is 3.25. The molecule has 2 unspecified atom stereocenters. The lowest BCUT2D eigenvalue weighted by molar-refractivity contribution is -0.178. The lowest BCUT2D eigenvalue weighted by Gasteiger charge is -2.61. The van der Waals surface area contributed by atoms with E-state index in [0.29, 0.717) is 18.3 Å². The molecule has 5 nitrogen and oxygen atoms in total. The second-order valence-corrected chi connectivity index (χ2v) is 10.2. The summed E-state index contributed by atoms with van der Waals surface area (Å²) in [5, 5.41) is 20.4. The standard InChI is InChI=1S/C19H25N3O2/c20-7-13-6-17-9-19(17,10-17)22(13)15(23)14(21)16-2-11-1-12(3-16)5-18(24,4-11)8-16/h11-14,24H,1-6,8-10,21H2/t11?,12?,13-,14+,16?,17?,18?,19?/m0/s1. The number of piperidine rings is 2. The zero-order valence-electron chi connectivity index (χ0n) is 14.0. The van der Waals surface area contributed by atoms with Crippen molar-refractivity contribution in [2.24, 2.45) is 28.4 Å². The number of nitrogens with two attached hydrogens (primary N) is 1. The number of rotatable bonds is 2. The number of carbonyl (C=O) groups excluding carboxylic acids is 1. The highest BCUT2D eigenvalue weighted by molar-refractivity contribution is 5.87. The molecular weight excluding hydrogens is 302 g/mol. The molecule has 4 atom stereocenters. The van der Waals surface area contributed by atoms with E-state index < -0.39 is 11.6 Å². The van der Waals surface area contributed by atoms with E-state index >= 15 is 0 Å². The van der Waals surface area contributed by atoms with E-state index in [0.717, 1.165) is 44.9 Å². The van der Waals surface area contributed by atoms with Crippen molar-refractivity contribution in [2.75, 3.05) is 0 Å². The summed E-state index contributed by atoms with van der Waals surface area (Å²) < 4.78 is 0. The monoisotopic (exact) mass is 327 g/mol. The zero-order chi connectivity index (χ0) is 16.5. The van der Waals surface area contributed by atoms with Gasteiger partial charge in [-0.15, -0.1) is 0 Å². The van der Waals surface area contributed by atoms with Crippen LogP contribution >= 0.6 is 0 Å². The van der Waals surface area contributed by atoms with Crippen molar-refractivity contribution in [2.45, 2.75) is 81.0 Å². The predicted octanol–water partition coefficient (Wildman–Crippen LogP) is 1.30. The molecule has 7 fully saturated rings. The molecule has 7 rings (SSSR count). The van der Waals surface area contributed by atoms with Gasteiger partial charge >= 0.3 is 0 Å². The molecule has 1 amide bonds. The molecule has 0 aromatic rings. The Kier molecular flexibility index (Phi) is 2.16. The summed E-state index contributed by atoms with van der Waals surface area (Å²) in [6, 6.07) is 1.52. The van der Waals surface area contributed by atoms with Gasteiger partial charge < -0.3 is 15.7 Å². The fraction of sp³-hybridized carbons (Fsp3) is 0.895. The Morgan fingerprint density at radius 3 is 2.42 bits per heavy atom. The number of hydrogen-bond donors (Lipinski definition) is 2. The number of nitrogens with zero attached hydrogens (tertiary/aromatic N) is 2. The van der Waals surface area contributed by atoms with Crippen LogP contribution in [0.15, 0.2) is 0 Å². The molecule has 0 radical (unpaired) electrons. The maximum absolute atomic E-state index is 13.4. The third kappa shape index (κ3) is 1.40. The van der Waals surface area contributed by atoms with Gasteiger partial charge in [0.15, 0.2) is 0 Å². The van der Waals surface area contributed by atoms with Crippen molar-refractivity contribution in [1.29, 1.82) is 5.26 Å². The van der Waals surface area contributed by atoms with Crippen molar-refractivity contribution >= 4 is 5.91 Å². The third-order valence-corrected chi connectivity index (χ3v) is 8.74. The van der Waals surface area contributed by atoms with Crippen LogP contribution < -0.4 is 5.73 Å². The minimum absolute atomic E-state index is 0.00129. The van der Waals surface area contributed by atoms with Gasteiger partial charge in [0.1, 0.15) is 6.04 Å². The van der Waals surface area contributed by atoms with Gasteiger partial charge in [-0.1, -0.05) is 0 Å². The first-order valence-corrected chi connectivity index (χ1v) is 9.55. The lowest BCUT2D eigenvalue weighted by atomic mass is 9.46. The van der Waals surface area contributed by atoms with Crippen LogP contribution in [0.1, 0.15) is 57.8 Å². The zero-order valence-corrected chi connectivity index (χ0v) is 14.0. The van der Waals surface area contributed by atoms with E-state index in [-0.39, 0.29) is 28.3 Å². The third-order valence-electron chi connectivity index (χ3n) is 8.74. The van der Waals surface area contributed by atoms with Crippen LogP contribution in [-0.4, -0.2) is 39.1 Å². The number of aliphatic hydroxyl groups is 1. The SMILES string of the molecule is N#C[C@@H]1CC23CC2(C3)N1C(=O)[C@@H](N)C12CC3CC(CC(O)(C3)C1)C2. The fourth-order valence-corrected chi connectivity index (χ4v) is 8.03. The molecule has 6 saturated carbocycles. The van der Waals surface area contributed by atoms with Crippen LogP contribution in [0.25, 0.3) is 0 Å². The fourth-order valence-electron chi connectivity index (χ4n) is 8.03. The van der Waals surface area contributed by atoms with Crippen LogP contribution in [0.5, 0.6) is 0 Å². The van der Waals surface area contributed by atoms with Crippen molar-refractivity contribution in [1.82, 2.24) is 4.90 Å². The molecule has 7 aliphatic rings. The molecular formula is C19H25N3O2. The quantitative estimate of drug-likeness (QED) is 0.800. The second kappa shape index (κ2) is 3.68. The Morgan fingerprint density at radius 1 is 1.17 bits per heavy atom. The van der Waals surface area contributed by atoms with E-state index in [2.05, 4.69) is 6.07 Å². The number of hydrogen-bond acceptors (Lipinski definition) is 4. The van der Waals surface area contributed by atoms with Crippen molar-refractivity contribution in [3.63, 3.8) is 0 Å². The number of amides is 1. The Bertz CT molecular complexity index is 690. The molecule has 24 heavy (non-hydrogen) atoms. The first-order valence-electron chi connectivity index (χ1n) is 9.55. The molecule has 128 valence electrons. The molecule has 5 heteroatoms. The summed E-state index contributed by atoms with van der Waals surface area (Å²) in [6.07, 6.45) is 8.66. The molecule has 4 bridgehead atoms. The van der Waals surface area contributed by atoms with Crippen molar-refractivity contribution in [3.05, 3.63) is 0 Å². The van der Waals surface area contributed by atoms with E-state index in [4.69, 9.17) is 5.73 Å². The van der Waals surface area contributed by atoms with Crippen molar-refractivity contribution in [3.8, 4) is 6.07 Å². The van der Waals surface area contributed by atoms with Crippen LogP contribution in [-0.2, 0) is 4.79 Å². The lowest BCUT2D eigenvalue weighted by Crippen LogP contribution is -2.65. The molecule has 6 aliphatic carbocycles. The Morgan fingerprint density at radius 2 is 1.83 bits per heavy atom. The minimum atomic E-state index is -0.594. The van der Waals surface area contributed by atoms with E-state index in [1.54, 1.807) is 0 Å². The minimum Gasteiger partial charge on any atom is -0.390 e. The smallest absolute Gasteiger partial charge is 0.241 e. The van der Waals surface area contributed by atoms with Crippen LogP contribution in [0, 0.1) is 34.0 Å². The average molecular weight is 327 g/mol. The van der Waals surface area contributed by atoms with Crippen LogP contribution in [0.2, 0.25) is 0 Å². The van der Waals surface area contributed by atoms with E-state index in [1.165, 1.54) is 6.42 Å². The van der Waals surface area contributed by atoms with Gasteiger partial charge in [-0.2, -0.15) is 5.26 Å². The second-order valence-electron chi connectivity index (χ2n) is 10.2. The molecule has 0 aromatic carbocycles. The highest BCUT2D eigenvalue weighted by Gasteiger charge is 2.91. The summed E-state index contributed by atoms with van der Waals surface area (Å²) in [5.41, 5.74) is 6.07. The van der Waals surface area contributed by atoms with E-state index in [9.17, 15) is 15.2 Å². The van der Waals surface area contributed by atoms with Crippen LogP contribution in [0.4, 0.5) is 0 Å². The highest BCUT2D eigenvalue weighted by atomic mass is 16.3. The Hall–Kier alpha value is -1.12. The Balaban J connectivity index is 1.33. The van der Waals surface area contributed by atoms with Gasteiger partial charge in [0.2, 0.25) is 5.91 Å². The number of nitriles is 1. The summed E-state index contributed by atoms with van der Waals surface area (Å²) in [5.74, 6) is 1.06. The van der Waals surface area contributed by atoms with E-state index in [1.807, 2.05) is 4.90 Å². The van der Waals surface area contributed by atoms with Crippen LogP contribution in [0.3, 0.4) is 0 Å². The molecule has 1 heterocycles. The topological polar surface area (TPSA) is 90.4 Å². The Labute approximate surface area is 142 Å².